The molecule has 2 rings (SSSR count). The number of hydrogen-bond acceptors (Lipinski definition) is 3. The lowest BCUT2D eigenvalue weighted by molar-refractivity contribution is -0.121. The molecular weight excluding hydrogens is 188 g/mol. The van der Waals surface area contributed by atoms with Gasteiger partial charge in [-0.05, 0) is 17.8 Å². The highest BCUT2D eigenvalue weighted by Gasteiger charge is 2.16. The topological polar surface area (TPSA) is 23.6 Å². The molecule has 0 unspecified atom stereocenters. The smallest absolute Gasteiger partial charge is 0.135 e. The van der Waals surface area contributed by atoms with Gasteiger partial charge in [-0.15, -0.1) is 0 Å². The van der Waals surface area contributed by atoms with Gasteiger partial charge in [0.15, 0.2) is 0 Å². The minimum Gasteiger partial charge on any atom is -0.377 e. The monoisotopic (exact) mass is 206 g/mol. The van der Waals surface area contributed by atoms with Crippen LogP contribution in [0.25, 0.3) is 0 Å². The van der Waals surface area contributed by atoms with Crippen molar-refractivity contribution in [3.05, 3.63) is 23.9 Å². The van der Waals surface area contributed by atoms with Crippen molar-refractivity contribution in [3.63, 3.8) is 0 Å². The minimum absolute atomic E-state index is 0.416. The largest absolute Gasteiger partial charge is 0.377 e. The first-order valence-electron chi connectivity index (χ1n) is 5.55. The third kappa shape index (κ3) is 2.93. The van der Waals surface area contributed by atoms with Gasteiger partial charge in [0.1, 0.15) is 5.78 Å². The van der Waals surface area contributed by atoms with Gasteiger partial charge in [-0.3, -0.25) is 9.69 Å². The van der Waals surface area contributed by atoms with E-state index in [9.17, 15) is 4.79 Å². The van der Waals surface area contributed by atoms with Crippen molar-refractivity contribution in [1.82, 2.24) is 9.80 Å². The molecule has 0 bridgehead atoms. The molecule has 0 aromatic rings. The lowest BCUT2D eigenvalue weighted by Crippen LogP contribution is -2.35. The molecule has 0 amide bonds. The van der Waals surface area contributed by atoms with Crippen molar-refractivity contribution in [2.75, 3.05) is 33.2 Å². The lowest BCUT2D eigenvalue weighted by atomic mass is 10.1. The van der Waals surface area contributed by atoms with Gasteiger partial charge in [-0.1, -0.05) is 6.08 Å². The van der Waals surface area contributed by atoms with Crippen molar-refractivity contribution in [2.24, 2.45) is 0 Å². The Morgan fingerprint density at radius 1 is 1.33 bits per heavy atom. The van der Waals surface area contributed by atoms with Crippen LogP contribution in [0.2, 0.25) is 0 Å². The molecule has 82 valence electrons. The van der Waals surface area contributed by atoms with E-state index in [1.54, 1.807) is 0 Å². The Hall–Kier alpha value is -1.09. The standard InChI is InChI=1S/C12H18N2O/c1-13-6-2-11(3-7-13)10-14-8-4-12(15)5-9-14/h2-3,6H,4-5,7-10H2,1H3. The summed E-state index contributed by atoms with van der Waals surface area (Å²) in [5.41, 5.74) is 1.38. The van der Waals surface area contributed by atoms with Gasteiger partial charge >= 0.3 is 0 Å². The maximum Gasteiger partial charge on any atom is 0.135 e. The van der Waals surface area contributed by atoms with E-state index in [0.717, 1.165) is 39.0 Å². The number of nitrogens with zero attached hydrogens (tertiary/aromatic N) is 2. The highest BCUT2D eigenvalue weighted by atomic mass is 16.1. The molecule has 0 N–H and O–H groups in total. The average molecular weight is 206 g/mol. The van der Waals surface area contributed by atoms with E-state index in [-0.39, 0.29) is 0 Å². The zero-order chi connectivity index (χ0) is 10.7. The third-order valence-electron chi connectivity index (χ3n) is 3.00. The van der Waals surface area contributed by atoms with E-state index < -0.39 is 0 Å². The van der Waals surface area contributed by atoms with Gasteiger partial charge in [0, 0.05) is 46.1 Å². The summed E-state index contributed by atoms with van der Waals surface area (Å²) >= 11 is 0. The Morgan fingerprint density at radius 3 is 2.67 bits per heavy atom. The number of piperidine rings is 1. The number of hydrogen-bond donors (Lipinski definition) is 0. The van der Waals surface area contributed by atoms with Crippen LogP contribution in [-0.2, 0) is 4.79 Å². The first-order valence-corrected chi connectivity index (χ1v) is 5.55. The molecule has 2 heterocycles. The molecule has 2 aliphatic heterocycles. The number of rotatable bonds is 2. The molecule has 0 saturated carbocycles. The van der Waals surface area contributed by atoms with E-state index in [0.29, 0.717) is 5.78 Å². The molecule has 3 nitrogen and oxygen atoms in total. The van der Waals surface area contributed by atoms with Crippen molar-refractivity contribution in [1.29, 1.82) is 0 Å². The second kappa shape index (κ2) is 4.62. The number of carbonyl (C=O) groups is 1. The van der Waals surface area contributed by atoms with Crippen LogP contribution in [0.1, 0.15) is 12.8 Å². The summed E-state index contributed by atoms with van der Waals surface area (Å²) in [7, 11) is 2.07. The summed E-state index contributed by atoms with van der Waals surface area (Å²) < 4.78 is 0. The quantitative estimate of drug-likeness (QED) is 0.674. The zero-order valence-corrected chi connectivity index (χ0v) is 9.28. The van der Waals surface area contributed by atoms with Crippen molar-refractivity contribution in [2.45, 2.75) is 12.8 Å². The van der Waals surface area contributed by atoms with Crippen molar-refractivity contribution >= 4 is 5.78 Å². The first kappa shape index (κ1) is 10.4. The molecule has 1 saturated heterocycles. The highest BCUT2D eigenvalue weighted by molar-refractivity contribution is 5.79. The molecular formula is C12H18N2O. The summed E-state index contributed by atoms with van der Waals surface area (Å²) in [5.74, 6) is 0.416. The highest BCUT2D eigenvalue weighted by Crippen LogP contribution is 2.11. The number of ketones is 1. The van der Waals surface area contributed by atoms with E-state index in [1.165, 1.54) is 5.57 Å². The van der Waals surface area contributed by atoms with Crippen LogP contribution in [0.4, 0.5) is 0 Å². The summed E-state index contributed by atoms with van der Waals surface area (Å²) in [5, 5.41) is 0. The van der Waals surface area contributed by atoms with E-state index in [2.05, 4.69) is 35.2 Å². The second-order valence-corrected chi connectivity index (χ2v) is 4.35. The molecule has 15 heavy (non-hydrogen) atoms. The van der Waals surface area contributed by atoms with Crippen LogP contribution in [0.5, 0.6) is 0 Å². The molecule has 0 aromatic heterocycles. The van der Waals surface area contributed by atoms with Gasteiger partial charge < -0.3 is 4.90 Å². The van der Waals surface area contributed by atoms with Crippen LogP contribution in [-0.4, -0.2) is 48.8 Å². The first-order chi connectivity index (χ1) is 7.24. The van der Waals surface area contributed by atoms with Gasteiger partial charge in [0.25, 0.3) is 0 Å². The Kier molecular flexibility index (Phi) is 3.21. The summed E-state index contributed by atoms with van der Waals surface area (Å²) in [4.78, 5) is 15.6. The van der Waals surface area contributed by atoms with E-state index in [4.69, 9.17) is 0 Å². The van der Waals surface area contributed by atoms with Crippen molar-refractivity contribution in [3.8, 4) is 0 Å². The van der Waals surface area contributed by atoms with E-state index in [1.807, 2.05) is 0 Å². The molecule has 0 aliphatic carbocycles. The third-order valence-corrected chi connectivity index (χ3v) is 3.00. The number of Topliss-reactive ketones (excluding diaryl/α,β-unsaturated/α-hetero) is 1. The summed E-state index contributed by atoms with van der Waals surface area (Å²) in [6.07, 6.45) is 8.01. The normalized spacial score (nSPS) is 23.1. The SMILES string of the molecule is CN1C=CC(CN2CCC(=O)CC2)=CC1. The van der Waals surface area contributed by atoms with Crippen LogP contribution >= 0.6 is 0 Å². The maximum atomic E-state index is 11.1. The van der Waals surface area contributed by atoms with Gasteiger partial charge in [0.2, 0.25) is 0 Å². The summed E-state index contributed by atoms with van der Waals surface area (Å²) in [6, 6.07) is 0. The van der Waals surface area contributed by atoms with Crippen LogP contribution < -0.4 is 0 Å². The number of likely N-dealkylation sites (N-methyl/N-ethyl adjacent to an activating group) is 1. The zero-order valence-electron chi connectivity index (χ0n) is 9.28. The summed E-state index contributed by atoms with van der Waals surface area (Å²) in [6.45, 7) is 3.86. The van der Waals surface area contributed by atoms with Gasteiger partial charge in [0.05, 0.1) is 0 Å². The Morgan fingerprint density at radius 2 is 2.07 bits per heavy atom. The van der Waals surface area contributed by atoms with Gasteiger partial charge in [-0.25, -0.2) is 0 Å². The molecule has 3 heteroatoms. The Bertz CT molecular complexity index is 297. The van der Waals surface area contributed by atoms with Gasteiger partial charge in [-0.2, -0.15) is 0 Å². The maximum absolute atomic E-state index is 11.1. The molecule has 0 atom stereocenters. The minimum atomic E-state index is 0.416. The van der Waals surface area contributed by atoms with Crippen LogP contribution in [0.3, 0.4) is 0 Å². The molecule has 0 aromatic carbocycles. The average Bonchev–Trinajstić information content (AvgIpc) is 2.25. The molecule has 0 spiro atoms. The number of carbonyl (C=O) groups excluding carboxylic acids is 1. The van der Waals surface area contributed by atoms with Crippen LogP contribution in [0, 0.1) is 0 Å². The molecule has 2 aliphatic rings. The lowest BCUT2D eigenvalue weighted by Gasteiger charge is -2.27. The predicted octanol–water partition coefficient (Wildman–Crippen LogP) is 1.04. The fourth-order valence-corrected chi connectivity index (χ4v) is 1.95. The van der Waals surface area contributed by atoms with Crippen LogP contribution in [0.15, 0.2) is 23.9 Å². The molecule has 1 fully saturated rings. The predicted molar refractivity (Wildman–Crippen MR) is 60.5 cm³/mol. The van der Waals surface area contributed by atoms with E-state index >= 15 is 0 Å². The fourth-order valence-electron chi connectivity index (χ4n) is 1.95. The van der Waals surface area contributed by atoms with Crippen molar-refractivity contribution < 1.29 is 4.79 Å². The Balaban J connectivity index is 1.82. The molecule has 0 radical (unpaired) electrons. The fraction of sp³-hybridized carbons (Fsp3) is 0.583. The Labute approximate surface area is 91.0 Å². The number of likely N-dealkylation sites (tertiary alicyclic amines) is 1. The second-order valence-electron chi connectivity index (χ2n) is 4.35.